The van der Waals surface area contributed by atoms with Crippen LogP contribution in [0.4, 0.5) is 17.5 Å². The molecule has 0 spiro atoms. The van der Waals surface area contributed by atoms with Crippen LogP contribution in [0, 0.1) is 0 Å². The fourth-order valence-electron chi connectivity index (χ4n) is 4.45. The molecule has 0 bridgehead atoms. The van der Waals surface area contributed by atoms with E-state index in [0.717, 1.165) is 18.4 Å². The number of nitrogens with one attached hydrogen (secondary N) is 4. The maximum absolute atomic E-state index is 13.8. The number of carboxylic acids is 1. The first-order chi connectivity index (χ1) is 19.4. The number of likely N-dealkylation sites (tertiary alicyclic amines) is 1. The Hall–Kier alpha value is -3.96. The summed E-state index contributed by atoms with van der Waals surface area (Å²) in [4.78, 5) is 35.4. The van der Waals surface area contributed by atoms with Gasteiger partial charge in [-0.1, -0.05) is 54.1 Å². The average molecular weight is 582 g/mol. The van der Waals surface area contributed by atoms with Gasteiger partial charge in [-0.15, -0.1) is 0 Å². The lowest BCUT2D eigenvalue weighted by Crippen LogP contribution is -2.37. The van der Waals surface area contributed by atoms with Crippen molar-refractivity contribution in [3.63, 3.8) is 0 Å². The average Bonchev–Trinajstić information content (AvgIpc) is 3.44. The molecule has 3 aromatic rings. The fraction of sp³-hybridized carbons (Fsp3) is 0.321. The molecular formula is C28H32ClN7O3S. The first-order valence-electron chi connectivity index (χ1n) is 13.1. The zero-order valence-corrected chi connectivity index (χ0v) is 23.5. The van der Waals surface area contributed by atoms with Crippen LogP contribution in [0.5, 0.6) is 0 Å². The van der Waals surface area contributed by atoms with E-state index in [4.69, 9.17) is 28.9 Å². The number of thiocarbonyl (C=S) groups is 1. The molecule has 5 N–H and O–H groups in total. The lowest BCUT2D eigenvalue weighted by Gasteiger charge is -2.26. The summed E-state index contributed by atoms with van der Waals surface area (Å²) in [5, 5.41) is 22.0. The smallest absolute Gasteiger partial charge is 0.305 e. The molecule has 10 nitrogen and oxygen atoms in total. The maximum atomic E-state index is 13.8. The summed E-state index contributed by atoms with van der Waals surface area (Å²) in [5.41, 5.74) is 2.16. The second-order valence-corrected chi connectivity index (χ2v) is 10.1. The molecule has 1 aromatic heterocycles. The van der Waals surface area contributed by atoms with Gasteiger partial charge in [0, 0.05) is 32.4 Å². The van der Waals surface area contributed by atoms with E-state index < -0.39 is 5.97 Å². The minimum Gasteiger partial charge on any atom is -0.481 e. The molecule has 1 atom stereocenters. The molecule has 0 radical (unpaired) electrons. The second kappa shape index (κ2) is 14.4. The predicted molar refractivity (Wildman–Crippen MR) is 160 cm³/mol. The van der Waals surface area contributed by atoms with E-state index in [9.17, 15) is 9.59 Å². The van der Waals surface area contributed by atoms with Crippen molar-refractivity contribution in [1.82, 2.24) is 25.5 Å². The van der Waals surface area contributed by atoms with Gasteiger partial charge in [0.2, 0.25) is 5.95 Å². The van der Waals surface area contributed by atoms with Crippen molar-refractivity contribution in [2.45, 2.75) is 31.7 Å². The molecule has 1 fully saturated rings. The van der Waals surface area contributed by atoms with E-state index in [2.05, 4.69) is 43.4 Å². The van der Waals surface area contributed by atoms with Gasteiger partial charge in [-0.05, 0) is 49.2 Å². The molecular weight excluding hydrogens is 550 g/mol. The summed E-state index contributed by atoms with van der Waals surface area (Å²) in [6.07, 6.45) is 4.03. The summed E-state index contributed by atoms with van der Waals surface area (Å²) in [7, 11) is 0. The van der Waals surface area contributed by atoms with Crippen LogP contribution in [-0.2, 0) is 4.79 Å². The number of aromatic nitrogens is 2. The highest BCUT2D eigenvalue weighted by atomic mass is 35.5. The number of benzene rings is 2. The van der Waals surface area contributed by atoms with Gasteiger partial charge in [0.1, 0.15) is 11.4 Å². The molecule has 1 aliphatic heterocycles. The first kappa shape index (κ1) is 29.0. The van der Waals surface area contributed by atoms with E-state index in [0.29, 0.717) is 59.2 Å². The molecule has 1 unspecified atom stereocenters. The Morgan fingerprint density at radius 2 is 1.80 bits per heavy atom. The quantitative estimate of drug-likeness (QED) is 0.153. The number of amides is 1. The molecule has 0 saturated carbocycles. The summed E-state index contributed by atoms with van der Waals surface area (Å²) >= 11 is 11.5. The summed E-state index contributed by atoms with van der Waals surface area (Å²) in [6.45, 7) is 1.98. The number of carboxylic acid groups (broad SMARTS) is 1. The van der Waals surface area contributed by atoms with Crippen molar-refractivity contribution in [1.29, 1.82) is 0 Å². The second-order valence-electron chi connectivity index (χ2n) is 9.23. The normalized spacial score (nSPS) is 14.4. The zero-order chi connectivity index (χ0) is 28.3. The summed E-state index contributed by atoms with van der Waals surface area (Å²) in [6, 6.07) is 17.3. The molecule has 0 aliphatic carbocycles. The number of carbonyl (C=O) groups excluding carboxylic acids is 1. The Balaban J connectivity index is 1.45. The number of aliphatic carboxylic acids is 1. The Morgan fingerprint density at radius 3 is 2.58 bits per heavy atom. The SMILES string of the molecule is O=C(O)CCNC(=S)NCCCNc1nc(Nc2ccccc2Cl)ncc1C(=O)N1CCCC1c1ccccc1. The molecule has 2 heterocycles. The standard InChI is InChI=1S/C28H32ClN7O3S/c29-21-10-4-5-11-22(21)34-27-33-18-20(26(39)36-17-6-12-23(36)19-8-2-1-3-9-19)25(35-27)30-14-7-15-31-28(40)32-16-13-24(37)38/h1-5,8-11,18,23H,6-7,12-17H2,(H,37,38)(H2,31,32,40)(H2,30,33,34,35). The Labute approximate surface area is 243 Å². The monoisotopic (exact) mass is 581 g/mol. The third-order valence-corrected chi connectivity index (χ3v) is 7.01. The van der Waals surface area contributed by atoms with Crippen LogP contribution in [0.2, 0.25) is 5.02 Å². The minimum atomic E-state index is -0.887. The largest absolute Gasteiger partial charge is 0.481 e. The van der Waals surface area contributed by atoms with Crippen molar-refractivity contribution in [2.75, 3.05) is 36.8 Å². The molecule has 4 rings (SSSR count). The maximum Gasteiger partial charge on any atom is 0.305 e. The van der Waals surface area contributed by atoms with Crippen LogP contribution in [0.1, 0.15) is 47.6 Å². The molecule has 210 valence electrons. The van der Waals surface area contributed by atoms with Crippen LogP contribution in [0.15, 0.2) is 60.8 Å². The van der Waals surface area contributed by atoms with E-state index in [1.54, 1.807) is 12.3 Å². The van der Waals surface area contributed by atoms with Crippen molar-refractivity contribution in [3.05, 3.63) is 76.9 Å². The third kappa shape index (κ3) is 8.03. The number of anilines is 3. The molecule has 12 heteroatoms. The molecule has 1 aliphatic rings. The Bertz CT molecular complexity index is 1330. The van der Waals surface area contributed by atoms with Gasteiger partial charge in [-0.2, -0.15) is 4.98 Å². The van der Waals surface area contributed by atoms with E-state index in [1.165, 1.54) is 0 Å². The van der Waals surface area contributed by atoms with Crippen LogP contribution in [-0.4, -0.2) is 63.1 Å². The van der Waals surface area contributed by atoms with E-state index in [1.807, 2.05) is 41.3 Å². The fourth-order valence-corrected chi connectivity index (χ4v) is 4.83. The molecule has 40 heavy (non-hydrogen) atoms. The Morgan fingerprint density at radius 1 is 1.05 bits per heavy atom. The van der Waals surface area contributed by atoms with Crippen LogP contribution < -0.4 is 21.3 Å². The summed E-state index contributed by atoms with van der Waals surface area (Å²) in [5.74, 6) is -0.271. The van der Waals surface area contributed by atoms with Gasteiger partial charge in [0.15, 0.2) is 5.11 Å². The van der Waals surface area contributed by atoms with Gasteiger partial charge >= 0.3 is 5.97 Å². The number of hydrogen-bond acceptors (Lipinski definition) is 7. The van der Waals surface area contributed by atoms with Crippen LogP contribution >= 0.6 is 23.8 Å². The number of nitrogens with zero attached hydrogens (tertiary/aromatic N) is 3. The van der Waals surface area contributed by atoms with Crippen molar-refractivity contribution in [3.8, 4) is 0 Å². The number of hydrogen-bond donors (Lipinski definition) is 5. The van der Waals surface area contributed by atoms with Gasteiger partial charge < -0.3 is 31.3 Å². The van der Waals surface area contributed by atoms with Crippen molar-refractivity contribution >= 4 is 58.3 Å². The highest BCUT2D eigenvalue weighted by molar-refractivity contribution is 7.80. The highest BCUT2D eigenvalue weighted by Crippen LogP contribution is 2.34. The molecule has 1 amide bonds. The lowest BCUT2D eigenvalue weighted by atomic mass is 10.0. The van der Waals surface area contributed by atoms with E-state index in [-0.39, 0.29) is 24.9 Å². The minimum absolute atomic E-state index is 0.00122. The van der Waals surface area contributed by atoms with Gasteiger partial charge in [-0.3, -0.25) is 9.59 Å². The van der Waals surface area contributed by atoms with Crippen LogP contribution in [0.3, 0.4) is 0 Å². The Kier molecular flexibility index (Phi) is 10.5. The number of halogens is 1. The summed E-state index contributed by atoms with van der Waals surface area (Å²) < 4.78 is 0. The zero-order valence-electron chi connectivity index (χ0n) is 21.9. The van der Waals surface area contributed by atoms with E-state index >= 15 is 0 Å². The highest BCUT2D eigenvalue weighted by Gasteiger charge is 2.32. The van der Waals surface area contributed by atoms with Gasteiger partial charge in [-0.25, -0.2) is 4.98 Å². The number of para-hydroxylation sites is 1. The van der Waals surface area contributed by atoms with Crippen molar-refractivity contribution < 1.29 is 14.7 Å². The first-order valence-corrected chi connectivity index (χ1v) is 13.9. The van der Waals surface area contributed by atoms with Crippen LogP contribution in [0.25, 0.3) is 0 Å². The number of carbonyl (C=O) groups is 2. The number of rotatable bonds is 12. The molecule has 1 saturated heterocycles. The van der Waals surface area contributed by atoms with Crippen molar-refractivity contribution in [2.24, 2.45) is 0 Å². The lowest BCUT2D eigenvalue weighted by molar-refractivity contribution is -0.136. The topological polar surface area (TPSA) is 132 Å². The molecule has 2 aromatic carbocycles. The van der Waals surface area contributed by atoms with Gasteiger partial charge in [0.25, 0.3) is 5.91 Å². The predicted octanol–water partition coefficient (Wildman–Crippen LogP) is 4.59. The third-order valence-electron chi connectivity index (χ3n) is 6.39. The van der Waals surface area contributed by atoms with Gasteiger partial charge in [0.05, 0.1) is 23.2 Å².